The summed E-state index contributed by atoms with van der Waals surface area (Å²) in [6.45, 7) is 0.534. The number of hydrogen-bond donors (Lipinski definition) is 2. The van der Waals surface area contributed by atoms with E-state index in [4.69, 9.17) is 4.74 Å². The van der Waals surface area contributed by atoms with Gasteiger partial charge < -0.3 is 15.4 Å². The van der Waals surface area contributed by atoms with Crippen LogP contribution in [0, 0.1) is 0 Å². The highest BCUT2D eigenvalue weighted by molar-refractivity contribution is 5.82. The molecule has 4 nitrogen and oxygen atoms in total. The fraction of sp³-hybridized carbons (Fsp3) is 0.269. The van der Waals surface area contributed by atoms with Crippen molar-refractivity contribution >= 4 is 5.91 Å². The highest BCUT2D eigenvalue weighted by atomic mass is 19.4. The number of hydrogen-bond acceptors (Lipinski definition) is 3. The number of nitrogens with one attached hydrogen (secondary N) is 2. The summed E-state index contributed by atoms with van der Waals surface area (Å²) in [5.74, 6) is 0.441. The van der Waals surface area contributed by atoms with E-state index in [9.17, 15) is 18.0 Å². The van der Waals surface area contributed by atoms with E-state index in [2.05, 4.69) is 10.6 Å². The van der Waals surface area contributed by atoms with Crippen LogP contribution in [0.1, 0.15) is 29.2 Å². The molecule has 0 saturated carbocycles. The van der Waals surface area contributed by atoms with Crippen LogP contribution in [0.4, 0.5) is 13.2 Å². The molecular formula is C26H27F3N2O2. The van der Waals surface area contributed by atoms with Gasteiger partial charge in [-0.05, 0) is 59.8 Å². The molecule has 0 aliphatic rings. The molecule has 0 bridgehead atoms. The molecule has 0 spiro atoms. The highest BCUT2D eigenvalue weighted by Gasteiger charge is 2.33. The Morgan fingerprint density at radius 3 is 2.30 bits per heavy atom. The summed E-state index contributed by atoms with van der Waals surface area (Å²) in [6.07, 6.45) is -3.22. The summed E-state index contributed by atoms with van der Waals surface area (Å²) in [5.41, 5.74) is 1.60. The second-order valence-electron chi connectivity index (χ2n) is 7.62. The third-order valence-corrected chi connectivity index (χ3v) is 5.42. The summed E-state index contributed by atoms with van der Waals surface area (Å²) < 4.78 is 45.9. The first kappa shape index (κ1) is 24.3. The Hall–Kier alpha value is -3.32. The molecule has 3 aromatic rings. The maximum atomic E-state index is 13.6. The largest absolute Gasteiger partial charge is 0.497 e. The molecule has 1 atom stereocenters. The number of carbonyl (C=O) groups excluding carboxylic acids is 1. The van der Waals surface area contributed by atoms with Gasteiger partial charge in [0.05, 0.1) is 12.7 Å². The van der Waals surface area contributed by atoms with Crippen molar-refractivity contribution in [3.63, 3.8) is 0 Å². The fourth-order valence-electron chi connectivity index (χ4n) is 3.69. The molecule has 0 saturated heterocycles. The topological polar surface area (TPSA) is 50.4 Å². The standard InChI is InChI=1S/C26H27F3N2O2/c1-30-25(32)24(20-8-4-3-5-9-20)31-16-6-7-18-10-15-23(26(27,28)29)22(17-18)19-11-13-21(33-2)14-12-19/h3-5,8-15,17,24,31H,6-7,16H2,1-2H3,(H,30,32)/t24-/m0/s1. The molecule has 7 heteroatoms. The van der Waals surface area contributed by atoms with Gasteiger partial charge >= 0.3 is 6.18 Å². The maximum Gasteiger partial charge on any atom is 0.417 e. The van der Waals surface area contributed by atoms with E-state index in [1.807, 2.05) is 30.3 Å². The molecule has 0 unspecified atom stereocenters. The Morgan fingerprint density at radius 1 is 1.00 bits per heavy atom. The zero-order valence-electron chi connectivity index (χ0n) is 18.6. The van der Waals surface area contributed by atoms with E-state index in [0.29, 0.717) is 30.7 Å². The number of likely N-dealkylation sites (N-methyl/N-ethyl adjacent to an activating group) is 1. The van der Waals surface area contributed by atoms with Gasteiger partial charge in [0.1, 0.15) is 11.8 Å². The average Bonchev–Trinajstić information content (AvgIpc) is 2.83. The summed E-state index contributed by atoms with van der Waals surface area (Å²) in [4.78, 5) is 12.3. The van der Waals surface area contributed by atoms with Gasteiger partial charge in [-0.3, -0.25) is 4.79 Å². The Bertz CT molecular complexity index is 1050. The van der Waals surface area contributed by atoms with Crippen LogP contribution in [0.2, 0.25) is 0 Å². The third-order valence-electron chi connectivity index (χ3n) is 5.42. The molecule has 0 aliphatic heterocycles. The molecule has 33 heavy (non-hydrogen) atoms. The predicted molar refractivity (Wildman–Crippen MR) is 123 cm³/mol. The summed E-state index contributed by atoms with van der Waals surface area (Å²) in [5, 5.41) is 5.91. The lowest BCUT2D eigenvalue weighted by Crippen LogP contribution is -2.36. The molecule has 3 rings (SSSR count). The molecule has 0 aromatic heterocycles. The van der Waals surface area contributed by atoms with Gasteiger partial charge in [-0.15, -0.1) is 0 Å². The van der Waals surface area contributed by atoms with Crippen LogP contribution < -0.4 is 15.4 Å². The number of halogens is 3. The molecule has 0 radical (unpaired) electrons. The van der Waals surface area contributed by atoms with Crippen molar-refractivity contribution in [3.05, 3.63) is 89.5 Å². The van der Waals surface area contributed by atoms with Gasteiger partial charge in [0.2, 0.25) is 5.91 Å². The van der Waals surface area contributed by atoms with Crippen LogP contribution in [0.3, 0.4) is 0 Å². The first-order valence-electron chi connectivity index (χ1n) is 10.7. The number of rotatable bonds is 9. The second kappa shape index (κ2) is 11.0. The molecule has 0 aliphatic carbocycles. The van der Waals surface area contributed by atoms with E-state index in [0.717, 1.165) is 17.2 Å². The van der Waals surface area contributed by atoms with Crippen LogP contribution in [0.15, 0.2) is 72.8 Å². The maximum absolute atomic E-state index is 13.6. The van der Waals surface area contributed by atoms with Crippen molar-refractivity contribution in [1.82, 2.24) is 10.6 Å². The number of carbonyl (C=O) groups is 1. The van der Waals surface area contributed by atoms with Crippen molar-refractivity contribution in [2.45, 2.75) is 25.1 Å². The van der Waals surface area contributed by atoms with Crippen molar-refractivity contribution in [2.75, 3.05) is 20.7 Å². The molecule has 3 aromatic carbocycles. The van der Waals surface area contributed by atoms with E-state index in [1.165, 1.54) is 13.2 Å². The smallest absolute Gasteiger partial charge is 0.417 e. The number of benzene rings is 3. The quantitative estimate of drug-likeness (QED) is 0.425. The molecular weight excluding hydrogens is 429 g/mol. The van der Waals surface area contributed by atoms with E-state index < -0.39 is 17.8 Å². The monoisotopic (exact) mass is 456 g/mol. The fourth-order valence-corrected chi connectivity index (χ4v) is 3.69. The number of amides is 1. The molecule has 1 amide bonds. The van der Waals surface area contributed by atoms with Crippen molar-refractivity contribution in [1.29, 1.82) is 0 Å². The minimum atomic E-state index is -4.45. The number of alkyl halides is 3. The zero-order chi connectivity index (χ0) is 23.8. The summed E-state index contributed by atoms with van der Waals surface area (Å²) in [6, 6.07) is 19.7. The average molecular weight is 457 g/mol. The van der Waals surface area contributed by atoms with E-state index in [1.54, 1.807) is 37.4 Å². The van der Waals surface area contributed by atoms with Gasteiger partial charge in [0.15, 0.2) is 0 Å². The first-order chi connectivity index (χ1) is 15.8. The summed E-state index contributed by atoms with van der Waals surface area (Å²) >= 11 is 0. The molecule has 0 fully saturated rings. The Morgan fingerprint density at radius 2 is 1.70 bits per heavy atom. The van der Waals surface area contributed by atoms with Crippen molar-refractivity contribution < 1.29 is 22.7 Å². The minimum Gasteiger partial charge on any atom is -0.497 e. The van der Waals surface area contributed by atoms with Crippen LogP contribution in [-0.2, 0) is 17.4 Å². The predicted octanol–water partition coefficient (Wildman–Crippen LogP) is 5.39. The Kier molecular flexibility index (Phi) is 8.11. The van der Waals surface area contributed by atoms with Gasteiger partial charge in [-0.1, -0.05) is 54.6 Å². The minimum absolute atomic E-state index is 0.141. The lowest BCUT2D eigenvalue weighted by Gasteiger charge is -2.18. The summed E-state index contributed by atoms with van der Waals surface area (Å²) in [7, 11) is 3.10. The second-order valence-corrected chi connectivity index (χ2v) is 7.62. The van der Waals surface area contributed by atoms with Gasteiger partial charge in [-0.25, -0.2) is 0 Å². The van der Waals surface area contributed by atoms with Crippen LogP contribution >= 0.6 is 0 Å². The van der Waals surface area contributed by atoms with E-state index >= 15 is 0 Å². The molecule has 174 valence electrons. The highest BCUT2D eigenvalue weighted by Crippen LogP contribution is 2.38. The SMILES string of the molecule is CNC(=O)[C@@H](NCCCc1ccc(C(F)(F)F)c(-c2ccc(OC)cc2)c1)c1ccccc1. The third kappa shape index (κ3) is 6.35. The Balaban J connectivity index is 1.72. The zero-order valence-corrected chi connectivity index (χ0v) is 18.6. The number of aryl methyl sites for hydroxylation is 1. The first-order valence-corrected chi connectivity index (χ1v) is 10.7. The number of methoxy groups -OCH3 is 1. The van der Waals surface area contributed by atoms with Crippen LogP contribution in [0.25, 0.3) is 11.1 Å². The molecule has 0 heterocycles. The number of ether oxygens (including phenoxy) is 1. The Labute approximate surface area is 191 Å². The van der Waals surface area contributed by atoms with Gasteiger partial charge in [-0.2, -0.15) is 13.2 Å². The lowest BCUT2D eigenvalue weighted by molar-refractivity contribution is -0.137. The van der Waals surface area contributed by atoms with E-state index in [-0.39, 0.29) is 11.5 Å². The molecule has 2 N–H and O–H groups in total. The van der Waals surface area contributed by atoms with Crippen LogP contribution in [0.5, 0.6) is 5.75 Å². The van der Waals surface area contributed by atoms with Gasteiger partial charge in [0, 0.05) is 7.05 Å². The lowest BCUT2D eigenvalue weighted by atomic mass is 9.95. The van der Waals surface area contributed by atoms with Gasteiger partial charge in [0.25, 0.3) is 0 Å². The normalized spacial score (nSPS) is 12.3. The van der Waals surface area contributed by atoms with Crippen molar-refractivity contribution in [3.8, 4) is 16.9 Å². The van der Waals surface area contributed by atoms with Crippen LogP contribution in [-0.4, -0.2) is 26.6 Å². The van der Waals surface area contributed by atoms with Crippen molar-refractivity contribution in [2.24, 2.45) is 0 Å².